The number of rotatable bonds is 4. The molecule has 5 heteroatoms. The van der Waals surface area contributed by atoms with Crippen molar-refractivity contribution < 1.29 is 9.18 Å². The van der Waals surface area contributed by atoms with Crippen molar-refractivity contribution in [3.05, 3.63) is 48.0 Å². The van der Waals surface area contributed by atoms with Crippen LogP contribution in [0.2, 0.25) is 0 Å². The van der Waals surface area contributed by atoms with Crippen molar-refractivity contribution in [2.45, 2.75) is 33.4 Å². The number of carbonyl (C=O) groups excluding carboxylic acids is 1. The average Bonchev–Trinajstić information content (AvgIpc) is 3.06. The number of aryl methyl sites for hydroxylation is 1. The lowest BCUT2D eigenvalue weighted by atomic mass is 10.1. The summed E-state index contributed by atoms with van der Waals surface area (Å²) in [4.78, 5) is 17.3. The van der Waals surface area contributed by atoms with Crippen LogP contribution in [0.5, 0.6) is 0 Å². The van der Waals surface area contributed by atoms with Crippen molar-refractivity contribution in [2.24, 2.45) is 0 Å². The third-order valence-corrected chi connectivity index (χ3v) is 4.97. The van der Waals surface area contributed by atoms with Gasteiger partial charge in [0.25, 0.3) is 5.91 Å². The maximum atomic E-state index is 13.1. The average molecular weight is 343 g/mol. The van der Waals surface area contributed by atoms with Crippen LogP contribution in [0, 0.1) is 5.82 Å². The third kappa shape index (κ3) is 3.76. The summed E-state index contributed by atoms with van der Waals surface area (Å²) in [5.74, 6) is -0.170. The van der Waals surface area contributed by atoms with Crippen molar-refractivity contribution in [3.8, 4) is 11.1 Å². The highest BCUT2D eigenvalue weighted by Crippen LogP contribution is 2.24. The molecule has 3 rings (SSSR count). The van der Waals surface area contributed by atoms with Crippen LogP contribution in [-0.2, 0) is 6.54 Å². The molecule has 1 saturated heterocycles. The molecule has 25 heavy (non-hydrogen) atoms. The molecule has 1 fully saturated rings. The molecule has 0 aliphatic carbocycles. The van der Waals surface area contributed by atoms with E-state index in [1.807, 2.05) is 28.7 Å². The van der Waals surface area contributed by atoms with E-state index in [0.29, 0.717) is 11.7 Å². The number of hydrogen-bond donors (Lipinski definition) is 0. The van der Waals surface area contributed by atoms with Gasteiger partial charge in [0.1, 0.15) is 11.5 Å². The van der Waals surface area contributed by atoms with Gasteiger partial charge >= 0.3 is 0 Å². The molecule has 0 saturated carbocycles. The molecule has 0 unspecified atom stereocenters. The highest BCUT2D eigenvalue weighted by molar-refractivity contribution is 5.94. The van der Waals surface area contributed by atoms with E-state index in [1.165, 1.54) is 12.1 Å². The number of nitrogens with zero attached hydrogens (tertiary/aromatic N) is 3. The van der Waals surface area contributed by atoms with Crippen molar-refractivity contribution in [2.75, 3.05) is 26.2 Å². The quantitative estimate of drug-likeness (QED) is 0.850. The molecule has 4 nitrogen and oxygen atoms in total. The van der Waals surface area contributed by atoms with E-state index >= 15 is 0 Å². The molecule has 0 bridgehead atoms. The topological polar surface area (TPSA) is 28.5 Å². The van der Waals surface area contributed by atoms with Crippen molar-refractivity contribution in [3.63, 3.8) is 0 Å². The van der Waals surface area contributed by atoms with Gasteiger partial charge in [-0.15, -0.1) is 0 Å². The van der Waals surface area contributed by atoms with Gasteiger partial charge in [-0.3, -0.25) is 9.69 Å². The molecule has 0 radical (unpaired) electrons. The van der Waals surface area contributed by atoms with E-state index in [2.05, 4.69) is 18.7 Å². The van der Waals surface area contributed by atoms with Gasteiger partial charge in [-0.2, -0.15) is 0 Å². The van der Waals surface area contributed by atoms with Crippen molar-refractivity contribution in [1.82, 2.24) is 14.4 Å². The van der Waals surface area contributed by atoms with Gasteiger partial charge in [0.15, 0.2) is 0 Å². The number of carbonyl (C=O) groups is 1. The number of piperazine rings is 1. The first kappa shape index (κ1) is 17.7. The van der Waals surface area contributed by atoms with E-state index < -0.39 is 0 Å². The minimum absolute atomic E-state index is 0.0821. The maximum absolute atomic E-state index is 13.1. The molecule has 134 valence electrons. The summed E-state index contributed by atoms with van der Waals surface area (Å²) in [6.45, 7) is 10.5. The molecule has 0 spiro atoms. The monoisotopic (exact) mass is 343 g/mol. The number of amides is 1. The zero-order valence-corrected chi connectivity index (χ0v) is 15.2. The second-order valence-electron chi connectivity index (χ2n) is 6.83. The fraction of sp³-hybridized carbons (Fsp3) is 0.450. The summed E-state index contributed by atoms with van der Waals surface area (Å²) in [5.41, 5.74) is 2.58. The summed E-state index contributed by atoms with van der Waals surface area (Å²) in [6, 6.07) is 8.84. The van der Waals surface area contributed by atoms with E-state index in [9.17, 15) is 9.18 Å². The summed E-state index contributed by atoms with van der Waals surface area (Å²) < 4.78 is 15.1. The summed E-state index contributed by atoms with van der Waals surface area (Å²) >= 11 is 0. The third-order valence-electron chi connectivity index (χ3n) is 4.97. The van der Waals surface area contributed by atoms with Crippen molar-refractivity contribution in [1.29, 1.82) is 0 Å². The number of halogens is 1. The van der Waals surface area contributed by atoms with Crippen LogP contribution in [0.3, 0.4) is 0 Å². The van der Waals surface area contributed by atoms with Gasteiger partial charge in [0.05, 0.1) is 0 Å². The number of aromatic nitrogens is 1. The van der Waals surface area contributed by atoms with Crippen LogP contribution in [0.1, 0.15) is 31.3 Å². The number of hydrogen-bond acceptors (Lipinski definition) is 2. The zero-order valence-electron chi connectivity index (χ0n) is 15.2. The van der Waals surface area contributed by atoms with Gasteiger partial charge in [-0.25, -0.2) is 4.39 Å². The van der Waals surface area contributed by atoms with Crippen LogP contribution in [0.15, 0.2) is 36.5 Å². The summed E-state index contributed by atoms with van der Waals surface area (Å²) in [6.07, 6.45) is 1.98. The van der Waals surface area contributed by atoms with Crippen LogP contribution in [0.4, 0.5) is 4.39 Å². The predicted molar refractivity (Wildman–Crippen MR) is 98.1 cm³/mol. The van der Waals surface area contributed by atoms with E-state index in [-0.39, 0.29) is 11.7 Å². The van der Waals surface area contributed by atoms with Gasteiger partial charge in [-0.1, -0.05) is 12.1 Å². The molecule has 0 atom stereocenters. The standard InChI is InChI=1S/C20H26FN3O/c1-4-22-14-17(16-5-7-18(21)8-6-16)13-19(22)20(25)24-11-9-23(10-12-24)15(2)3/h5-8,13-15H,4,9-12H2,1-3H3. The Bertz CT molecular complexity index is 728. The van der Waals surface area contributed by atoms with Gasteiger partial charge in [-0.05, 0) is 44.5 Å². The van der Waals surface area contributed by atoms with E-state index in [1.54, 1.807) is 12.1 Å². The van der Waals surface area contributed by atoms with E-state index in [4.69, 9.17) is 0 Å². The second-order valence-corrected chi connectivity index (χ2v) is 6.83. The van der Waals surface area contributed by atoms with Crippen LogP contribution >= 0.6 is 0 Å². The van der Waals surface area contributed by atoms with Gasteiger partial charge in [0.2, 0.25) is 0 Å². The smallest absolute Gasteiger partial charge is 0.270 e. The highest BCUT2D eigenvalue weighted by Gasteiger charge is 2.25. The molecule has 0 N–H and O–H groups in total. The lowest BCUT2D eigenvalue weighted by Crippen LogP contribution is -2.51. The first-order valence-electron chi connectivity index (χ1n) is 8.99. The molecule has 1 aromatic heterocycles. The van der Waals surface area contributed by atoms with Crippen molar-refractivity contribution >= 4 is 5.91 Å². The maximum Gasteiger partial charge on any atom is 0.270 e. The predicted octanol–water partition coefficient (Wildman–Crippen LogP) is 3.48. The van der Waals surface area contributed by atoms with Crippen LogP contribution < -0.4 is 0 Å². The summed E-state index contributed by atoms with van der Waals surface area (Å²) in [5, 5.41) is 0. The second kappa shape index (κ2) is 7.40. The zero-order chi connectivity index (χ0) is 18.0. The molecule has 2 heterocycles. The van der Waals surface area contributed by atoms with E-state index in [0.717, 1.165) is 43.9 Å². The normalized spacial score (nSPS) is 15.8. The largest absolute Gasteiger partial charge is 0.343 e. The minimum Gasteiger partial charge on any atom is -0.343 e. The Labute approximate surface area is 148 Å². The van der Waals surface area contributed by atoms with Crippen LogP contribution in [-0.4, -0.2) is 52.5 Å². The fourth-order valence-electron chi connectivity index (χ4n) is 3.35. The Balaban J connectivity index is 1.80. The first-order valence-corrected chi connectivity index (χ1v) is 8.99. The molecule has 1 aliphatic heterocycles. The molecular weight excluding hydrogens is 317 g/mol. The Kier molecular flexibility index (Phi) is 5.23. The molecule has 1 aliphatic rings. The molecule has 1 amide bonds. The molecule has 1 aromatic carbocycles. The van der Waals surface area contributed by atoms with Gasteiger partial charge in [0, 0.05) is 50.5 Å². The Morgan fingerprint density at radius 1 is 1.08 bits per heavy atom. The lowest BCUT2D eigenvalue weighted by molar-refractivity contribution is 0.0585. The Morgan fingerprint density at radius 3 is 2.28 bits per heavy atom. The van der Waals surface area contributed by atoms with Crippen LogP contribution in [0.25, 0.3) is 11.1 Å². The van der Waals surface area contributed by atoms with Gasteiger partial charge < -0.3 is 9.47 Å². The molecular formula is C20H26FN3O. The highest BCUT2D eigenvalue weighted by atomic mass is 19.1. The summed E-state index contributed by atoms with van der Waals surface area (Å²) in [7, 11) is 0. The SMILES string of the molecule is CCn1cc(-c2ccc(F)cc2)cc1C(=O)N1CCN(C(C)C)CC1. The minimum atomic E-state index is -0.252. The molecule has 2 aromatic rings. The Hall–Kier alpha value is -2.14. The lowest BCUT2D eigenvalue weighted by Gasteiger charge is -2.37. The fourth-order valence-corrected chi connectivity index (χ4v) is 3.35. The first-order chi connectivity index (χ1) is 12.0. The Morgan fingerprint density at radius 2 is 1.72 bits per heavy atom. The number of benzene rings is 1.